The van der Waals surface area contributed by atoms with Crippen molar-refractivity contribution < 1.29 is 19.5 Å². The van der Waals surface area contributed by atoms with E-state index in [1.54, 1.807) is 39.1 Å². The Hall–Kier alpha value is -5.12. The second-order valence-corrected chi connectivity index (χ2v) is 11.8. The van der Waals surface area contributed by atoms with Crippen molar-refractivity contribution in [3.05, 3.63) is 89.5 Å². The van der Waals surface area contributed by atoms with Crippen LogP contribution >= 0.6 is 11.3 Å². The number of aromatic hydroxyl groups is 1. The van der Waals surface area contributed by atoms with Crippen molar-refractivity contribution in [2.75, 3.05) is 25.4 Å². The van der Waals surface area contributed by atoms with Gasteiger partial charge in [0.05, 0.1) is 29.9 Å². The third-order valence-corrected chi connectivity index (χ3v) is 8.73. The summed E-state index contributed by atoms with van der Waals surface area (Å²) in [6.07, 6.45) is 5.28. The first-order chi connectivity index (χ1) is 21.3. The van der Waals surface area contributed by atoms with E-state index in [-0.39, 0.29) is 56.7 Å². The summed E-state index contributed by atoms with van der Waals surface area (Å²) in [5.74, 6) is 2.15. The second kappa shape index (κ2) is 12.2. The number of benzene rings is 3. The average molecular weight is 610 g/mol. The van der Waals surface area contributed by atoms with Crippen LogP contribution in [0.2, 0.25) is 0 Å². The summed E-state index contributed by atoms with van der Waals surface area (Å²) in [4.78, 5) is 49.0. The molecule has 2 fully saturated rings. The second-order valence-electron chi connectivity index (χ2n) is 10.7. The number of para-hydroxylation sites is 1. The Kier molecular flexibility index (Phi) is 8.06. The van der Waals surface area contributed by atoms with Crippen LogP contribution < -0.4 is 11.1 Å². The first-order valence-electron chi connectivity index (χ1n) is 14.1. The molecule has 0 unspecified atom stereocenters. The van der Waals surface area contributed by atoms with Crippen LogP contribution in [0.1, 0.15) is 16.7 Å². The Balaban J connectivity index is 1.32. The van der Waals surface area contributed by atoms with E-state index < -0.39 is 18.2 Å². The standard InChI is InChI=1S/C32H31N7O4S/c1-2-15-37(32(43)34-17-22-7-4-3-5-8-22)38-20-28(41)39-25(16-21-11-13-24(40)14-12-21)30(42)36(19-27(38)39)18-23-9-6-10-26-29(23)35-31(33)44-26/h1,3-14,25,27,40H,15-20H2,(H2,33,35)(H,34,43)/t25-,27+/m0/s1. The molecular formula is C32H31N7O4S. The van der Waals surface area contributed by atoms with Crippen molar-refractivity contribution in [1.29, 1.82) is 0 Å². The minimum absolute atomic E-state index is 0.0633. The number of phenols is 1. The van der Waals surface area contributed by atoms with Crippen molar-refractivity contribution in [1.82, 2.24) is 30.1 Å². The number of nitrogens with one attached hydrogen (secondary N) is 1. The number of nitrogens with zero attached hydrogens (tertiary/aromatic N) is 5. The van der Waals surface area contributed by atoms with Crippen LogP contribution in [0.3, 0.4) is 0 Å². The van der Waals surface area contributed by atoms with Gasteiger partial charge in [-0.1, -0.05) is 71.9 Å². The zero-order valence-corrected chi connectivity index (χ0v) is 24.6. The number of hydrogen-bond acceptors (Lipinski definition) is 8. The van der Waals surface area contributed by atoms with Gasteiger partial charge in [-0.15, -0.1) is 6.42 Å². The molecule has 3 heterocycles. The van der Waals surface area contributed by atoms with E-state index in [0.717, 1.165) is 26.9 Å². The Morgan fingerprint density at radius 2 is 1.86 bits per heavy atom. The summed E-state index contributed by atoms with van der Waals surface area (Å²) in [6, 6.07) is 20.5. The number of nitrogen functional groups attached to an aromatic ring is 1. The number of carbonyl (C=O) groups is 3. The Labute approximate surface area is 258 Å². The normalized spacial score (nSPS) is 18.3. The maximum Gasteiger partial charge on any atom is 0.333 e. The molecule has 3 aromatic carbocycles. The van der Waals surface area contributed by atoms with Crippen LogP contribution in [0.4, 0.5) is 9.93 Å². The van der Waals surface area contributed by atoms with Gasteiger partial charge < -0.3 is 26.0 Å². The highest BCUT2D eigenvalue weighted by molar-refractivity contribution is 7.22. The van der Waals surface area contributed by atoms with Crippen LogP contribution in [-0.4, -0.2) is 79.6 Å². The van der Waals surface area contributed by atoms with E-state index in [0.29, 0.717) is 5.13 Å². The molecule has 12 heteroatoms. The van der Waals surface area contributed by atoms with Gasteiger partial charge in [0.1, 0.15) is 18.0 Å². The van der Waals surface area contributed by atoms with Gasteiger partial charge in [0.25, 0.3) is 0 Å². The van der Waals surface area contributed by atoms with Crippen molar-refractivity contribution >= 4 is 44.5 Å². The van der Waals surface area contributed by atoms with Gasteiger partial charge in [-0.3, -0.25) is 9.59 Å². The van der Waals surface area contributed by atoms with Crippen LogP contribution in [0.5, 0.6) is 5.75 Å². The predicted octanol–water partition coefficient (Wildman–Crippen LogP) is 2.77. The highest BCUT2D eigenvalue weighted by Crippen LogP contribution is 2.32. The molecule has 4 aromatic rings. The fourth-order valence-electron chi connectivity index (χ4n) is 5.83. The lowest BCUT2D eigenvalue weighted by molar-refractivity contribution is -0.157. The molecule has 2 aliphatic rings. The van der Waals surface area contributed by atoms with E-state index in [1.165, 1.54) is 16.3 Å². The van der Waals surface area contributed by atoms with Crippen LogP contribution in [0, 0.1) is 12.3 Å². The number of carbonyl (C=O) groups excluding carboxylic acids is 3. The molecule has 44 heavy (non-hydrogen) atoms. The lowest BCUT2D eigenvalue weighted by atomic mass is 9.99. The maximum atomic E-state index is 14.1. The minimum Gasteiger partial charge on any atom is -0.508 e. The maximum absolute atomic E-state index is 14.1. The number of nitrogens with two attached hydrogens (primary N) is 1. The number of fused-ring (bicyclic) bond motifs is 2. The van der Waals surface area contributed by atoms with Crippen molar-refractivity contribution in [2.45, 2.75) is 31.7 Å². The SMILES string of the molecule is C#CCN(C(=O)NCc1ccccc1)N1CC(=O)N2[C@@H](Cc3ccc(O)cc3)C(=O)N(Cc3cccc4sc(N)nc34)C[C@@H]21. The number of piperazine rings is 1. The van der Waals surface area contributed by atoms with E-state index in [2.05, 4.69) is 16.2 Å². The quantitative estimate of drug-likeness (QED) is 0.262. The average Bonchev–Trinajstić information content (AvgIpc) is 3.57. The third-order valence-electron chi connectivity index (χ3n) is 7.88. The first kappa shape index (κ1) is 29.0. The number of rotatable bonds is 8. The molecule has 0 bridgehead atoms. The zero-order valence-electron chi connectivity index (χ0n) is 23.8. The molecule has 2 atom stereocenters. The summed E-state index contributed by atoms with van der Waals surface area (Å²) in [6.45, 7) is 0.501. The van der Waals surface area contributed by atoms with E-state index in [9.17, 15) is 19.5 Å². The number of phenolic OH excluding ortho intramolecular Hbond substituents is 1. The van der Waals surface area contributed by atoms with E-state index >= 15 is 0 Å². The largest absolute Gasteiger partial charge is 0.508 e. The van der Waals surface area contributed by atoms with Crippen molar-refractivity contribution in [3.63, 3.8) is 0 Å². The van der Waals surface area contributed by atoms with Crippen molar-refractivity contribution in [2.24, 2.45) is 0 Å². The third kappa shape index (κ3) is 5.75. The van der Waals surface area contributed by atoms with Gasteiger partial charge in [-0.25, -0.2) is 14.8 Å². The molecular weight excluding hydrogens is 578 g/mol. The number of terminal acetylenes is 1. The minimum atomic E-state index is -0.837. The summed E-state index contributed by atoms with van der Waals surface area (Å²) < 4.78 is 0.916. The Morgan fingerprint density at radius 3 is 2.61 bits per heavy atom. The zero-order chi connectivity index (χ0) is 30.8. The summed E-state index contributed by atoms with van der Waals surface area (Å²) in [5, 5.41) is 16.2. The predicted molar refractivity (Wildman–Crippen MR) is 167 cm³/mol. The fourth-order valence-corrected chi connectivity index (χ4v) is 6.61. The van der Waals surface area contributed by atoms with Gasteiger partial charge in [0, 0.05) is 19.5 Å². The number of urea groups is 1. The molecule has 1 aromatic heterocycles. The monoisotopic (exact) mass is 609 g/mol. The number of aromatic nitrogens is 1. The molecule has 2 saturated heterocycles. The van der Waals surface area contributed by atoms with Crippen molar-refractivity contribution in [3.8, 4) is 18.1 Å². The van der Waals surface area contributed by atoms with E-state index in [1.807, 2.05) is 48.5 Å². The molecule has 0 saturated carbocycles. The van der Waals surface area contributed by atoms with Gasteiger partial charge in [0.15, 0.2) is 5.13 Å². The first-order valence-corrected chi connectivity index (χ1v) is 14.9. The number of amides is 4. The highest BCUT2D eigenvalue weighted by Gasteiger charge is 2.52. The van der Waals surface area contributed by atoms with Gasteiger partial charge in [-0.2, -0.15) is 5.01 Å². The highest BCUT2D eigenvalue weighted by atomic mass is 32.1. The number of thiazole rings is 1. The van der Waals surface area contributed by atoms with Crippen LogP contribution in [-0.2, 0) is 29.1 Å². The number of anilines is 1. The Bertz CT molecular complexity index is 1740. The van der Waals surface area contributed by atoms with E-state index in [4.69, 9.17) is 12.2 Å². The smallest absolute Gasteiger partial charge is 0.333 e. The van der Waals surface area contributed by atoms with Gasteiger partial charge in [-0.05, 0) is 34.9 Å². The molecule has 6 rings (SSSR count). The molecule has 11 nitrogen and oxygen atoms in total. The van der Waals surface area contributed by atoms with Crippen LogP contribution in [0.25, 0.3) is 10.2 Å². The summed E-state index contributed by atoms with van der Waals surface area (Å²) in [7, 11) is 0. The lowest BCUT2D eigenvalue weighted by Gasteiger charge is -2.46. The van der Waals surface area contributed by atoms with Gasteiger partial charge in [0.2, 0.25) is 11.8 Å². The Morgan fingerprint density at radius 1 is 1.09 bits per heavy atom. The molecule has 2 aliphatic heterocycles. The lowest BCUT2D eigenvalue weighted by Crippen LogP contribution is -2.66. The molecule has 224 valence electrons. The molecule has 0 spiro atoms. The summed E-state index contributed by atoms with van der Waals surface area (Å²) >= 11 is 1.38. The molecule has 0 radical (unpaired) electrons. The fraction of sp³-hybridized carbons (Fsp3) is 0.250. The van der Waals surface area contributed by atoms with Crippen LogP contribution in [0.15, 0.2) is 72.8 Å². The molecule has 4 N–H and O–H groups in total. The van der Waals surface area contributed by atoms with Gasteiger partial charge >= 0.3 is 6.03 Å². The number of hydrogen-bond donors (Lipinski definition) is 3. The number of hydrazine groups is 1. The topological polar surface area (TPSA) is 135 Å². The molecule has 0 aliphatic carbocycles. The molecule has 4 amide bonds. The summed E-state index contributed by atoms with van der Waals surface area (Å²) in [5.41, 5.74) is 9.25.